The summed E-state index contributed by atoms with van der Waals surface area (Å²) in [6.07, 6.45) is 0.447. The normalized spacial score (nSPS) is 11.8. The fourth-order valence-electron chi connectivity index (χ4n) is 1.69. The molecule has 0 aliphatic rings. The highest BCUT2D eigenvalue weighted by Crippen LogP contribution is 2.32. The molecule has 0 aliphatic carbocycles. The van der Waals surface area contributed by atoms with E-state index in [1.807, 2.05) is 0 Å². The zero-order chi connectivity index (χ0) is 16.7. The molecular formula is C11H9Cl3N2O5S. The lowest BCUT2D eigenvalue weighted by atomic mass is 10.4. The van der Waals surface area contributed by atoms with Crippen molar-refractivity contribution in [2.45, 2.75) is 24.8 Å². The van der Waals surface area contributed by atoms with Gasteiger partial charge in [0.05, 0.1) is 15.1 Å². The Morgan fingerprint density at radius 1 is 1.09 bits per heavy atom. The summed E-state index contributed by atoms with van der Waals surface area (Å²) in [5, 5.41) is -0.289. The molecule has 1 aromatic heterocycles. The first-order valence-corrected chi connectivity index (χ1v) is 8.50. The number of nitrogens with zero attached hydrogens (tertiary/aromatic N) is 2. The molecule has 0 bridgehead atoms. The van der Waals surface area contributed by atoms with Crippen LogP contribution < -0.4 is 11.4 Å². The topological polar surface area (TPSA) is 91.3 Å². The van der Waals surface area contributed by atoms with Gasteiger partial charge in [0.25, 0.3) is 0 Å². The predicted octanol–water partition coefficient (Wildman–Crippen LogP) is 2.21. The SMILES string of the molecule is CCCn1c(=O)on(S(=O)(=O)c2cc(Cl)c(Cl)cc2Cl)c1=O. The van der Waals surface area contributed by atoms with Crippen molar-refractivity contribution in [3.05, 3.63) is 48.2 Å². The van der Waals surface area contributed by atoms with Crippen molar-refractivity contribution in [1.82, 2.24) is 8.71 Å². The second-order valence-electron chi connectivity index (χ2n) is 4.22. The van der Waals surface area contributed by atoms with Crippen molar-refractivity contribution in [2.24, 2.45) is 0 Å². The minimum Gasteiger partial charge on any atom is -0.301 e. The van der Waals surface area contributed by atoms with Gasteiger partial charge in [-0.25, -0.2) is 14.2 Å². The Bertz CT molecular complexity index is 942. The second kappa shape index (κ2) is 6.11. The minimum absolute atomic E-state index is 0.0174. The molecule has 11 heteroatoms. The molecule has 0 unspecified atom stereocenters. The average molecular weight is 388 g/mol. The fraction of sp³-hybridized carbons (Fsp3) is 0.273. The van der Waals surface area contributed by atoms with Gasteiger partial charge in [0, 0.05) is 6.54 Å². The minimum atomic E-state index is -4.52. The van der Waals surface area contributed by atoms with Crippen LogP contribution in [0.1, 0.15) is 13.3 Å². The lowest BCUT2D eigenvalue weighted by molar-refractivity contribution is 0.330. The molecule has 0 radical (unpaired) electrons. The van der Waals surface area contributed by atoms with Gasteiger partial charge in [-0.1, -0.05) is 41.7 Å². The maximum absolute atomic E-state index is 12.4. The number of benzene rings is 1. The molecule has 0 aliphatic heterocycles. The van der Waals surface area contributed by atoms with E-state index in [4.69, 9.17) is 34.8 Å². The maximum atomic E-state index is 12.4. The third kappa shape index (κ3) is 2.83. The zero-order valence-corrected chi connectivity index (χ0v) is 14.1. The molecule has 1 heterocycles. The van der Waals surface area contributed by atoms with Gasteiger partial charge in [-0.15, -0.1) is 0 Å². The van der Waals surface area contributed by atoms with E-state index in [1.165, 1.54) is 0 Å². The molecule has 0 saturated heterocycles. The monoisotopic (exact) mass is 386 g/mol. The lowest BCUT2D eigenvalue weighted by Gasteiger charge is -2.06. The van der Waals surface area contributed by atoms with Crippen LogP contribution in [0, 0.1) is 0 Å². The van der Waals surface area contributed by atoms with Crippen molar-refractivity contribution in [3.8, 4) is 0 Å². The molecule has 7 nitrogen and oxygen atoms in total. The average Bonchev–Trinajstić information content (AvgIpc) is 2.71. The van der Waals surface area contributed by atoms with Crippen LogP contribution >= 0.6 is 34.8 Å². The van der Waals surface area contributed by atoms with Crippen LogP contribution in [0.25, 0.3) is 0 Å². The molecule has 0 saturated carbocycles. The number of halogens is 3. The molecule has 0 atom stereocenters. The van der Waals surface area contributed by atoms with Crippen LogP contribution in [0.3, 0.4) is 0 Å². The van der Waals surface area contributed by atoms with E-state index in [2.05, 4.69) is 4.52 Å². The summed E-state index contributed by atoms with van der Waals surface area (Å²) >= 11 is 17.3. The molecule has 1 aromatic carbocycles. The van der Waals surface area contributed by atoms with E-state index in [0.29, 0.717) is 11.0 Å². The van der Waals surface area contributed by atoms with E-state index < -0.39 is 26.4 Å². The zero-order valence-electron chi connectivity index (χ0n) is 11.0. The van der Waals surface area contributed by atoms with E-state index in [0.717, 1.165) is 12.1 Å². The van der Waals surface area contributed by atoms with Gasteiger partial charge in [-0.3, -0.25) is 0 Å². The Hall–Kier alpha value is -1.22. The lowest BCUT2D eigenvalue weighted by Crippen LogP contribution is -2.31. The molecule has 2 rings (SSSR count). The first kappa shape index (κ1) is 17.1. The standard InChI is InChI=1S/C11H9Cl3N2O5S/c1-2-3-15-10(17)16(21-11(15)18)22(19,20)9-5-7(13)6(12)4-8(9)14/h4-5H,2-3H2,1H3. The Morgan fingerprint density at radius 2 is 1.68 bits per heavy atom. The van der Waals surface area contributed by atoms with Gasteiger partial charge in [-0.05, 0) is 22.7 Å². The van der Waals surface area contributed by atoms with Gasteiger partial charge in [0.1, 0.15) is 4.90 Å². The quantitative estimate of drug-likeness (QED) is 0.750. The number of rotatable bonds is 4. The first-order chi connectivity index (χ1) is 10.2. The van der Waals surface area contributed by atoms with Gasteiger partial charge in [0.15, 0.2) is 0 Å². The van der Waals surface area contributed by atoms with E-state index in [9.17, 15) is 18.0 Å². The van der Waals surface area contributed by atoms with E-state index in [-0.39, 0.29) is 25.8 Å². The Balaban J connectivity index is 2.72. The van der Waals surface area contributed by atoms with E-state index >= 15 is 0 Å². The van der Waals surface area contributed by atoms with Crippen molar-refractivity contribution in [3.63, 3.8) is 0 Å². The second-order valence-corrected chi connectivity index (χ2v) is 7.16. The number of hydrogen-bond donors (Lipinski definition) is 0. The molecule has 120 valence electrons. The van der Waals surface area contributed by atoms with Crippen LogP contribution in [0.5, 0.6) is 0 Å². The largest absolute Gasteiger partial charge is 0.443 e. The number of aromatic nitrogens is 2. The molecular weight excluding hydrogens is 379 g/mol. The maximum Gasteiger partial charge on any atom is 0.443 e. The van der Waals surface area contributed by atoms with Crippen molar-refractivity contribution < 1.29 is 12.9 Å². The fourth-order valence-corrected chi connectivity index (χ4v) is 3.81. The highest BCUT2D eigenvalue weighted by Gasteiger charge is 2.28. The number of hydrogen-bond acceptors (Lipinski definition) is 5. The van der Waals surface area contributed by atoms with E-state index in [1.54, 1.807) is 6.92 Å². The molecule has 22 heavy (non-hydrogen) atoms. The Morgan fingerprint density at radius 3 is 2.27 bits per heavy atom. The summed E-state index contributed by atoms with van der Waals surface area (Å²) in [5.41, 5.74) is -1.12. The molecule has 0 spiro atoms. The summed E-state index contributed by atoms with van der Waals surface area (Å²) in [4.78, 5) is 23.1. The van der Waals surface area contributed by atoms with Crippen LogP contribution in [0.2, 0.25) is 15.1 Å². The van der Waals surface area contributed by atoms with Crippen molar-refractivity contribution in [2.75, 3.05) is 0 Å². The van der Waals surface area contributed by atoms with Crippen molar-refractivity contribution >= 4 is 44.8 Å². The highest BCUT2D eigenvalue weighted by molar-refractivity contribution is 7.89. The summed E-state index contributed by atoms with van der Waals surface area (Å²) < 4.78 is 30.1. The van der Waals surface area contributed by atoms with Gasteiger partial charge >= 0.3 is 21.5 Å². The summed E-state index contributed by atoms with van der Waals surface area (Å²) in [5.74, 6) is -1.08. The molecule has 0 N–H and O–H groups in total. The Kier molecular flexibility index (Phi) is 4.76. The first-order valence-electron chi connectivity index (χ1n) is 5.93. The summed E-state index contributed by atoms with van der Waals surface area (Å²) in [7, 11) is -4.52. The summed E-state index contributed by atoms with van der Waals surface area (Å²) in [6, 6.07) is 2.09. The Labute approximate surface area is 139 Å². The van der Waals surface area contributed by atoms with Gasteiger partial charge in [0.2, 0.25) is 0 Å². The van der Waals surface area contributed by atoms with Crippen LogP contribution in [0.15, 0.2) is 31.1 Å². The highest BCUT2D eigenvalue weighted by atomic mass is 35.5. The van der Waals surface area contributed by atoms with Crippen LogP contribution in [0.4, 0.5) is 0 Å². The van der Waals surface area contributed by atoms with Crippen LogP contribution in [-0.4, -0.2) is 17.1 Å². The predicted molar refractivity (Wildman–Crippen MR) is 81.6 cm³/mol. The van der Waals surface area contributed by atoms with Gasteiger partial charge < -0.3 is 4.52 Å². The van der Waals surface area contributed by atoms with Crippen LogP contribution in [-0.2, 0) is 16.6 Å². The molecule has 0 amide bonds. The molecule has 0 fully saturated rings. The third-order valence-electron chi connectivity index (χ3n) is 2.69. The summed E-state index contributed by atoms with van der Waals surface area (Å²) in [6.45, 7) is 1.74. The van der Waals surface area contributed by atoms with Gasteiger partial charge in [-0.2, -0.15) is 8.42 Å². The smallest absolute Gasteiger partial charge is 0.301 e. The van der Waals surface area contributed by atoms with Crippen molar-refractivity contribution in [1.29, 1.82) is 0 Å². The third-order valence-corrected chi connectivity index (χ3v) is 5.39. The molecule has 2 aromatic rings.